The van der Waals surface area contributed by atoms with E-state index < -0.39 is 27.4 Å². The van der Waals surface area contributed by atoms with Gasteiger partial charge in [-0.15, -0.1) is 0 Å². The third-order valence-corrected chi connectivity index (χ3v) is 4.81. The maximum absolute atomic E-state index is 12.2. The van der Waals surface area contributed by atoms with Crippen LogP contribution in [0.3, 0.4) is 0 Å². The predicted molar refractivity (Wildman–Crippen MR) is 113 cm³/mol. The van der Waals surface area contributed by atoms with E-state index in [1.807, 2.05) is 0 Å². The van der Waals surface area contributed by atoms with Gasteiger partial charge in [0.2, 0.25) is 10.0 Å². The standard InChI is InChI=1S/C19H20N4O6S/c1-3-11-29-18-9-7-15(8-10-18)13-20-21-19(24)14-22(30(2,27)28)16-5-4-6-17(12-16)23(25)26/h3-10,12-13H,1,11,14H2,2H3,(H,21,24)/b20-13-. The Morgan fingerprint density at radius 3 is 2.60 bits per heavy atom. The molecule has 0 saturated heterocycles. The second-order valence-corrected chi connectivity index (χ2v) is 7.92. The molecule has 0 unspecified atom stereocenters. The number of amides is 1. The minimum absolute atomic E-state index is 0.000873. The number of benzene rings is 2. The van der Waals surface area contributed by atoms with E-state index in [1.54, 1.807) is 30.3 Å². The summed E-state index contributed by atoms with van der Waals surface area (Å²) in [5, 5.41) is 14.7. The van der Waals surface area contributed by atoms with E-state index in [1.165, 1.54) is 24.4 Å². The molecule has 2 aromatic carbocycles. The largest absolute Gasteiger partial charge is 0.490 e. The monoisotopic (exact) mass is 432 g/mol. The van der Waals surface area contributed by atoms with E-state index in [0.29, 0.717) is 17.9 Å². The van der Waals surface area contributed by atoms with Gasteiger partial charge in [-0.3, -0.25) is 19.2 Å². The molecule has 0 radical (unpaired) electrons. The number of nitro benzene ring substituents is 1. The highest BCUT2D eigenvalue weighted by molar-refractivity contribution is 7.92. The van der Waals surface area contributed by atoms with Gasteiger partial charge in [0.05, 0.1) is 23.1 Å². The van der Waals surface area contributed by atoms with E-state index in [9.17, 15) is 23.3 Å². The van der Waals surface area contributed by atoms with Crippen molar-refractivity contribution in [3.8, 4) is 5.75 Å². The molecular formula is C19H20N4O6S. The molecule has 1 amide bonds. The van der Waals surface area contributed by atoms with Gasteiger partial charge >= 0.3 is 0 Å². The lowest BCUT2D eigenvalue weighted by atomic mass is 10.2. The lowest BCUT2D eigenvalue weighted by Crippen LogP contribution is -2.39. The number of anilines is 1. The van der Waals surface area contributed by atoms with Crippen molar-refractivity contribution in [2.45, 2.75) is 0 Å². The topological polar surface area (TPSA) is 131 Å². The minimum Gasteiger partial charge on any atom is -0.490 e. The average Bonchev–Trinajstić information content (AvgIpc) is 2.70. The molecular weight excluding hydrogens is 412 g/mol. The van der Waals surface area contributed by atoms with Crippen molar-refractivity contribution in [3.05, 3.63) is 76.9 Å². The molecule has 0 bridgehead atoms. The van der Waals surface area contributed by atoms with Gasteiger partial charge in [0.25, 0.3) is 11.6 Å². The van der Waals surface area contributed by atoms with Crippen LogP contribution in [0.15, 0.2) is 66.3 Å². The average molecular weight is 432 g/mol. The molecule has 1 N–H and O–H groups in total. The van der Waals surface area contributed by atoms with Gasteiger partial charge in [0.1, 0.15) is 18.9 Å². The molecule has 2 rings (SSSR count). The Morgan fingerprint density at radius 2 is 2.00 bits per heavy atom. The summed E-state index contributed by atoms with van der Waals surface area (Å²) >= 11 is 0. The summed E-state index contributed by atoms with van der Waals surface area (Å²) in [5.41, 5.74) is 2.63. The second-order valence-electron chi connectivity index (χ2n) is 6.01. The lowest BCUT2D eigenvalue weighted by Gasteiger charge is -2.21. The number of non-ortho nitro benzene ring substituents is 1. The molecule has 0 aliphatic heterocycles. The zero-order chi connectivity index (χ0) is 22.1. The number of nitrogens with one attached hydrogen (secondary N) is 1. The summed E-state index contributed by atoms with van der Waals surface area (Å²) in [7, 11) is -3.87. The number of hydrogen-bond donors (Lipinski definition) is 1. The fourth-order valence-electron chi connectivity index (χ4n) is 2.31. The van der Waals surface area contributed by atoms with Crippen LogP contribution in [-0.4, -0.2) is 44.9 Å². The predicted octanol–water partition coefficient (Wildman–Crippen LogP) is 2.08. The SMILES string of the molecule is C=CCOc1ccc(/C=N\NC(=O)CN(c2cccc([N+](=O)[O-])c2)S(C)(=O)=O)cc1. The van der Waals surface area contributed by atoms with Gasteiger partial charge in [-0.25, -0.2) is 13.8 Å². The van der Waals surface area contributed by atoms with Crippen molar-refractivity contribution < 1.29 is 22.9 Å². The van der Waals surface area contributed by atoms with Crippen molar-refractivity contribution in [2.75, 3.05) is 23.7 Å². The second kappa shape index (κ2) is 10.2. The number of carbonyl (C=O) groups is 1. The molecule has 11 heteroatoms. The van der Waals surface area contributed by atoms with Crippen molar-refractivity contribution in [1.82, 2.24) is 5.43 Å². The highest BCUT2D eigenvalue weighted by atomic mass is 32.2. The van der Waals surface area contributed by atoms with E-state index in [-0.39, 0.29) is 11.4 Å². The van der Waals surface area contributed by atoms with Crippen LogP contribution in [0, 0.1) is 10.1 Å². The number of hydrazone groups is 1. The highest BCUT2D eigenvalue weighted by Gasteiger charge is 2.22. The third kappa shape index (κ3) is 6.71. The molecule has 0 heterocycles. The number of carbonyl (C=O) groups excluding carboxylic acids is 1. The van der Waals surface area contributed by atoms with Crippen LogP contribution in [-0.2, 0) is 14.8 Å². The van der Waals surface area contributed by atoms with E-state index >= 15 is 0 Å². The highest BCUT2D eigenvalue weighted by Crippen LogP contribution is 2.22. The van der Waals surface area contributed by atoms with Crippen LogP contribution in [0.2, 0.25) is 0 Å². The molecule has 0 aliphatic carbocycles. The molecule has 0 atom stereocenters. The van der Waals surface area contributed by atoms with Crippen molar-refractivity contribution in [2.24, 2.45) is 5.10 Å². The van der Waals surface area contributed by atoms with E-state index in [2.05, 4.69) is 17.1 Å². The molecule has 158 valence electrons. The fourth-order valence-corrected chi connectivity index (χ4v) is 3.16. The summed E-state index contributed by atoms with van der Waals surface area (Å²) in [4.78, 5) is 22.4. The molecule has 0 aliphatic rings. The summed E-state index contributed by atoms with van der Waals surface area (Å²) in [6.07, 6.45) is 3.91. The molecule has 0 saturated carbocycles. The quantitative estimate of drug-likeness (QED) is 0.265. The normalized spacial score (nSPS) is 11.1. The zero-order valence-corrected chi connectivity index (χ0v) is 16.9. The molecule has 0 spiro atoms. The first-order valence-electron chi connectivity index (χ1n) is 8.58. The summed E-state index contributed by atoms with van der Waals surface area (Å²) in [6, 6.07) is 11.9. The summed E-state index contributed by atoms with van der Waals surface area (Å²) in [5.74, 6) is -0.0639. The van der Waals surface area contributed by atoms with Gasteiger partial charge in [0.15, 0.2) is 0 Å². The zero-order valence-electron chi connectivity index (χ0n) is 16.1. The number of hydrogen-bond acceptors (Lipinski definition) is 7. The van der Waals surface area contributed by atoms with Crippen LogP contribution in [0.4, 0.5) is 11.4 Å². The molecule has 10 nitrogen and oxygen atoms in total. The Hall–Kier alpha value is -3.73. The van der Waals surface area contributed by atoms with Crippen molar-refractivity contribution >= 4 is 33.5 Å². The van der Waals surface area contributed by atoms with Gasteiger partial charge < -0.3 is 4.74 Å². The third-order valence-electron chi connectivity index (χ3n) is 3.67. The Balaban J connectivity index is 2.04. The van der Waals surface area contributed by atoms with E-state index in [0.717, 1.165) is 16.6 Å². The molecule has 0 fully saturated rings. The first-order chi connectivity index (χ1) is 14.2. The van der Waals surface area contributed by atoms with Crippen LogP contribution >= 0.6 is 0 Å². The number of sulfonamides is 1. The van der Waals surface area contributed by atoms with Crippen LogP contribution in [0.25, 0.3) is 0 Å². The van der Waals surface area contributed by atoms with Crippen LogP contribution < -0.4 is 14.5 Å². The molecule has 30 heavy (non-hydrogen) atoms. The Morgan fingerprint density at radius 1 is 1.30 bits per heavy atom. The first-order valence-corrected chi connectivity index (χ1v) is 10.4. The van der Waals surface area contributed by atoms with Crippen LogP contribution in [0.1, 0.15) is 5.56 Å². The summed E-state index contributed by atoms with van der Waals surface area (Å²) < 4.78 is 30.3. The summed E-state index contributed by atoms with van der Waals surface area (Å²) in [6.45, 7) is 3.35. The van der Waals surface area contributed by atoms with Gasteiger partial charge in [-0.1, -0.05) is 18.7 Å². The van der Waals surface area contributed by atoms with Crippen LogP contribution in [0.5, 0.6) is 5.75 Å². The Kier molecular flexibility index (Phi) is 7.64. The Bertz CT molecular complexity index is 1050. The first kappa shape index (κ1) is 22.6. The maximum atomic E-state index is 12.2. The molecule has 0 aromatic heterocycles. The number of nitro groups is 1. The number of nitrogens with zero attached hydrogens (tertiary/aromatic N) is 3. The molecule has 2 aromatic rings. The number of rotatable bonds is 10. The smallest absolute Gasteiger partial charge is 0.271 e. The van der Waals surface area contributed by atoms with Gasteiger partial charge in [-0.05, 0) is 35.9 Å². The van der Waals surface area contributed by atoms with Gasteiger partial charge in [-0.2, -0.15) is 5.10 Å². The van der Waals surface area contributed by atoms with Gasteiger partial charge in [0, 0.05) is 12.1 Å². The maximum Gasteiger partial charge on any atom is 0.271 e. The van der Waals surface area contributed by atoms with Crippen molar-refractivity contribution in [3.63, 3.8) is 0 Å². The Labute approximate surface area is 173 Å². The van der Waals surface area contributed by atoms with E-state index in [4.69, 9.17) is 4.74 Å². The lowest BCUT2D eigenvalue weighted by molar-refractivity contribution is -0.384. The number of ether oxygens (including phenoxy) is 1. The minimum atomic E-state index is -3.87. The van der Waals surface area contributed by atoms with Crippen molar-refractivity contribution in [1.29, 1.82) is 0 Å². The fraction of sp³-hybridized carbons (Fsp3) is 0.158.